The molecule has 0 saturated heterocycles. The van der Waals surface area contributed by atoms with Crippen molar-refractivity contribution in [3.8, 4) is 0 Å². The van der Waals surface area contributed by atoms with E-state index in [2.05, 4.69) is 22.9 Å². The minimum Gasteiger partial charge on any atom is -0.324 e. The van der Waals surface area contributed by atoms with E-state index in [1.807, 2.05) is 12.1 Å². The number of hydrogen-bond acceptors (Lipinski definition) is 3. The highest BCUT2D eigenvalue weighted by Crippen LogP contribution is 2.27. The summed E-state index contributed by atoms with van der Waals surface area (Å²) < 4.78 is 0. The first-order valence-corrected chi connectivity index (χ1v) is 6.17. The molecule has 3 nitrogen and oxygen atoms in total. The number of nitrogens with zero attached hydrogens (tertiary/aromatic N) is 1. The van der Waals surface area contributed by atoms with E-state index in [1.54, 1.807) is 18.3 Å². The van der Waals surface area contributed by atoms with Crippen LogP contribution in [0.15, 0.2) is 30.5 Å². The zero-order valence-corrected chi connectivity index (χ0v) is 10.6. The van der Waals surface area contributed by atoms with Gasteiger partial charge in [0, 0.05) is 18.0 Å². The molecule has 1 heterocycles. The fourth-order valence-electron chi connectivity index (χ4n) is 1.55. The van der Waals surface area contributed by atoms with Crippen LogP contribution in [-0.4, -0.2) is 16.6 Å². The molecule has 0 unspecified atom stereocenters. The molecule has 0 saturated carbocycles. The summed E-state index contributed by atoms with van der Waals surface area (Å²) in [6.07, 6.45) is 2.05. The van der Waals surface area contributed by atoms with Crippen LogP contribution >= 0.6 is 24.2 Å². The van der Waals surface area contributed by atoms with E-state index in [9.17, 15) is 4.79 Å². The number of amides is 1. The molecule has 2 aromatic rings. The first kappa shape index (κ1) is 12.2. The molecule has 0 fully saturated rings. The van der Waals surface area contributed by atoms with Crippen molar-refractivity contribution in [2.45, 2.75) is 6.42 Å². The van der Waals surface area contributed by atoms with Gasteiger partial charge in [0.05, 0.1) is 16.2 Å². The van der Waals surface area contributed by atoms with Crippen LogP contribution in [0.4, 0.5) is 5.69 Å². The summed E-state index contributed by atoms with van der Waals surface area (Å²) in [6.45, 7) is 0. The van der Waals surface area contributed by atoms with Crippen molar-refractivity contribution in [3.63, 3.8) is 0 Å². The Hall–Kier alpha value is -1.26. The van der Waals surface area contributed by atoms with Gasteiger partial charge in [0.1, 0.15) is 0 Å². The van der Waals surface area contributed by atoms with Crippen LogP contribution < -0.4 is 5.32 Å². The van der Waals surface area contributed by atoms with Crippen molar-refractivity contribution in [1.29, 1.82) is 0 Å². The van der Waals surface area contributed by atoms with Gasteiger partial charge < -0.3 is 5.32 Å². The molecule has 0 atom stereocenters. The Morgan fingerprint density at radius 2 is 2.24 bits per heavy atom. The smallest absolute Gasteiger partial charge is 0.225 e. The predicted octanol–water partition coefficient (Wildman–Crippen LogP) is 3.15. The van der Waals surface area contributed by atoms with E-state index in [0.29, 0.717) is 28.4 Å². The highest BCUT2D eigenvalue weighted by atomic mass is 35.5. The molecule has 0 radical (unpaired) electrons. The topological polar surface area (TPSA) is 42.0 Å². The van der Waals surface area contributed by atoms with Crippen molar-refractivity contribution in [2.75, 3.05) is 11.1 Å². The zero-order chi connectivity index (χ0) is 12.3. The number of aromatic nitrogens is 1. The third-order valence-electron chi connectivity index (χ3n) is 2.33. The number of pyridine rings is 1. The second kappa shape index (κ2) is 5.38. The van der Waals surface area contributed by atoms with Crippen LogP contribution in [-0.2, 0) is 4.79 Å². The van der Waals surface area contributed by atoms with Gasteiger partial charge >= 0.3 is 0 Å². The Morgan fingerprint density at radius 1 is 1.41 bits per heavy atom. The minimum atomic E-state index is -0.0747. The number of benzene rings is 1. The fraction of sp³-hybridized carbons (Fsp3) is 0.167. The van der Waals surface area contributed by atoms with Gasteiger partial charge in [-0.2, -0.15) is 12.6 Å². The van der Waals surface area contributed by atoms with Gasteiger partial charge in [-0.05, 0) is 30.0 Å². The van der Waals surface area contributed by atoms with Crippen LogP contribution in [0.3, 0.4) is 0 Å². The Morgan fingerprint density at radius 3 is 3.00 bits per heavy atom. The molecule has 0 aliphatic carbocycles. The molecule has 0 spiro atoms. The summed E-state index contributed by atoms with van der Waals surface area (Å²) in [5.41, 5.74) is 1.38. The number of carbonyl (C=O) groups is 1. The van der Waals surface area contributed by atoms with E-state index in [1.165, 1.54) is 0 Å². The van der Waals surface area contributed by atoms with Crippen molar-refractivity contribution < 1.29 is 4.79 Å². The normalized spacial score (nSPS) is 10.5. The lowest BCUT2D eigenvalue weighted by Gasteiger charge is -2.08. The lowest BCUT2D eigenvalue weighted by Crippen LogP contribution is -2.12. The van der Waals surface area contributed by atoms with Gasteiger partial charge in [0.15, 0.2) is 0 Å². The predicted molar refractivity (Wildman–Crippen MR) is 73.9 cm³/mol. The molecule has 0 aliphatic heterocycles. The number of carbonyl (C=O) groups excluding carboxylic acids is 1. The molecule has 17 heavy (non-hydrogen) atoms. The van der Waals surface area contributed by atoms with Crippen molar-refractivity contribution in [1.82, 2.24) is 4.98 Å². The molecule has 1 aromatic carbocycles. The van der Waals surface area contributed by atoms with Crippen LogP contribution in [0, 0.1) is 0 Å². The average Bonchev–Trinajstić information content (AvgIpc) is 2.34. The van der Waals surface area contributed by atoms with E-state index >= 15 is 0 Å². The Bertz CT molecular complexity index is 559. The number of anilines is 1. The van der Waals surface area contributed by atoms with Crippen molar-refractivity contribution in [3.05, 3.63) is 35.5 Å². The molecular formula is C12H11ClN2OS. The summed E-state index contributed by atoms with van der Waals surface area (Å²) in [5.74, 6) is 0.444. The molecule has 0 bridgehead atoms. The largest absolute Gasteiger partial charge is 0.324 e. The number of halogens is 1. The lowest BCUT2D eigenvalue weighted by atomic mass is 10.2. The Kier molecular flexibility index (Phi) is 3.86. The molecule has 5 heteroatoms. The van der Waals surface area contributed by atoms with Gasteiger partial charge in [0.2, 0.25) is 5.91 Å². The molecule has 88 valence electrons. The van der Waals surface area contributed by atoms with Crippen molar-refractivity contribution in [2.24, 2.45) is 0 Å². The van der Waals surface area contributed by atoms with E-state index in [4.69, 9.17) is 11.6 Å². The summed E-state index contributed by atoms with van der Waals surface area (Å²) >= 11 is 10.1. The zero-order valence-electron chi connectivity index (χ0n) is 8.98. The number of thiol groups is 1. The molecule has 1 amide bonds. The Balaban J connectivity index is 2.41. The van der Waals surface area contributed by atoms with Crippen LogP contribution in [0.2, 0.25) is 5.02 Å². The van der Waals surface area contributed by atoms with Gasteiger partial charge in [0.25, 0.3) is 0 Å². The van der Waals surface area contributed by atoms with Crippen LogP contribution in [0.5, 0.6) is 0 Å². The lowest BCUT2D eigenvalue weighted by molar-refractivity contribution is -0.115. The highest BCUT2D eigenvalue weighted by Gasteiger charge is 2.08. The summed E-state index contributed by atoms with van der Waals surface area (Å²) in [7, 11) is 0. The highest BCUT2D eigenvalue weighted by molar-refractivity contribution is 7.80. The number of fused-ring (bicyclic) bond motifs is 1. The van der Waals surface area contributed by atoms with Crippen molar-refractivity contribution >= 4 is 46.7 Å². The maximum atomic E-state index is 11.5. The summed E-state index contributed by atoms with van der Waals surface area (Å²) in [4.78, 5) is 15.8. The first-order valence-electron chi connectivity index (χ1n) is 5.16. The van der Waals surface area contributed by atoms with E-state index in [-0.39, 0.29) is 5.91 Å². The van der Waals surface area contributed by atoms with Gasteiger partial charge in [-0.3, -0.25) is 9.78 Å². The Labute approximate surface area is 110 Å². The van der Waals surface area contributed by atoms with Crippen LogP contribution in [0.25, 0.3) is 10.9 Å². The molecule has 1 N–H and O–H groups in total. The van der Waals surface area contributed by atoms with Gasteiger partial charge in [-0.1, -0.05) is 11.6 Å². The standard InChI is InChI=1S/C12H11ClN2OS/c13-9-3-4-10(15-11(16)5-7-17)12-8(9)2-1-6-14-12/h1-4,6,17H,5,7H2,(H,15,16). The monoisotopic (exact) mass is 266 g/mol. The van der Waals surface area contributed by atoms with Gasteiger partial charge in [-0.25, -0.2) is 0 Å². The SMILES string of the molecule is O=C(CCS)Nc1ccc(Cl)c2cccnc12. The number of hydrogen-bond donors (Lipinski definition) is 2. The average molecular weight is 267 g/mol. The number of rotatable bonds is 3. The molecular weight excluding hydrogens is 256 g/mol. The summed E-state index contributed by atoms with van der Waals surface area (Å²) in [6, 6.07) is 7.20. The third kappa shape index (κ3) is 2.70. The molecule has 1 aromatic heterocycles. The van der Waals surface area contributed by atoms with Crippen LogP contribution in [0.1, 0.15) is 6.42 Å². The number of nitrogens with one attached hydrogen (secondary N) is 1. The second-order valence-corrected chi connectivity index (χ2v) is 4.37. The first-order chi connectivity index (χ1) is 8.22. The fourth-order valence-corrected chi connectivity index (χ4v) is 1.97. The quantitative estimate of drug-likeness (QED) is 0.838. The van der Waals surface area contributed by atoms with E-state index < -0.39 is 0 Å². The third-order valence-corrected chi connectivity index (χ3v) is 2.88. The van der Waals surface area contributed by atoms with E-state index in [0.717, 1.165) is 5.39 Å². The second-order valence-electron chi connectivity index (χ2n) is 3.52. The minimum absolute atomic E-state index is 0.0747. The maximum absolute atomic E-state index is 11.5. The molecule has 2 rings (SSSR count). The van der Waals surface area contributed by atoms with Gasteiger partial charge in [-0.15, -0.1) is 0 Å². The maximum Gasteiger partial charge on any atom is 0.225 e. The molecule has 0 aliphatic rings. The summed E-state index contributed by atoms with van der Waals surface area (Å²) in [5, 5.41) is 4.26.